The number of nitrogens with zero attached hydrogens (tertiary/aromatic N) is 1. The van der Waals surface area contributed by atoms with Crippen molar-refractivity contribution in [2.45, 2.75) is 26.7 Å². The number of nitrogens with one attached hydrogen (secondary N) is 1. The Bertz CT molecular complexity index is 329. The van der Waals surface area contributed by atoms with Crippen molar-refractivity contribution in [2.24, 2.45) is 22.2 Å². The maximum absolute atomic E-state index is 11.0. The van der Waals surface area contributed by atoms with Crippen molar-refractivity contribution in [2.75, 3.05) is 0 Å². The van der Waals surface area contributed by atoms with Crippen LogP contribution in [0.15, 0.2) is 5.10 Å². The first-order valence-electron chi connectivity index (χ1n) is 4.70. The van der Waals surface area contributed by atoms with E-state index in [4.69, 9.17) is 10.8 Å². The first-order chi connectivity index (χ1) is 6.85. The molecule has 1 aliphatic rings. The molecule has 1 saturated carbocycles. The van der Waals surface area contributed by atoms with Crippen molar-refractivity contribution in [3.8, 4) is 0 Å². The Labute approximate surface area is 93.7 Å². The van der Waals surface area contributed by atoms with Gasteiger partial charge in [0.05, 0.1) is 5.41 Å². The number of rotatable bonds is 2. The number of hydrazone groups is 1. The molecule has 0 aliphatic heterocycles. The summed E-state index contributed by atoms with van der Waals surface area (Å²) < 4.78 is 0. The predicted molar refractivity (Wildman–Crippen MR) is 61.5 cm³/mol. The summed E-state index contributed by atoms with van der Waals surface area (Å²) in [6.07, 6.45) is 1.04. The van der Waals surface area contributed by atoms with E-state index in [0.29, 0.717) is 12.8 Å². The summed E-state index contributed by atoms with van der Waals surface area (Å²) >= 11 is 4.62. The van der Waals surface area contributed by atoms with E-state index in [1.54, 1.807) is 6.92 Å². The topological polar surface area (TPSA) is 87.7 Å². The summed E-state index contributed by atoms with van der Waals surface area (Å²) in [5, 5.41) is 13.2. The lowest BCUT2D eigenvalue weighted by atomic mass is 9.88. The molecule has 1 rings (SSSR count). The van der Waals surface area contributed by atoms with Crippen LogP contribution < -0.4 is 11.2 Å². The van der Waals surface area contributed by atoms with Gasteiger partial charge in [0.2, 0.25) is 0 Å². The first kappa shape index (κ1) is 11.9. The van der Waals surface area contributed by atoms with Gasteiger partial charge in [-0.15, -0.1) is 0 Å². The molecular formula is C9H15N3O2S. The van der Waals surface area contributed by atoms with Gasteiger partial charge < -0.3 is 10.8 Å². The summed E-state index contributed by atoms with van der Waals surface area (Å²) in [4.78, 5) is 11.0. The summed E-state index contributed by atoms with van der Waals surface area (Å²) in [5.74, 6) is -0.636. The average Bonchev–Trinajstić information content (AvgIpc) is 2.39. The third-order valence-corrected chi connectivity index (χ3v) is 2.81. The quantitative estimate of drug-likeness (QED) is 0.479. The minimum atomic E-state index is -0.783. The third-order valence-electron chi connectivity index (χ3n) is 2.72. The minimum Gasteiger partial charge on any atom is -0.481 e. The van der Waals surface area contributed by atoms with Crippen LogP contribution in [0.25, 0.3) is 0 Å². The Kier molecular flexibility index (Phi) is 3.28. The van der Waals surface area contributed by atoms with Gasteiger partial charge >= 0.3 is 5.97 Å². The lowest BCUT2D eigenvalue weighted by Gasteiger charge is -2.15. The largest absolute Gasteiger partial charge is 0.481 e. The molecule has 0 aromatic heterocycles. The number of hydrogen-bond acceptors (Lipinski definition) is 3. The molecule has 0 heterocycles. The number of carbonyl (C=O) groups is 1. The third kappa shape index (κ3) is 2.65. The molecule has 84 valence electrons. The van der Waals surface area contributed by atoms with Crippen molar-refractivity contribution in [3.05, 3.63) is 0 Å². The van der Waals surface area contributed by atoms with Crippen LogP contribution in [0.5, 0.6) is 0 Å². The molecule has 0 amide bonds. The highest BCUT2D eigenvalue weighted by Gasteiger charge is 2.43. The highest BCUT2D eigenvalue weighted by molar-refractivity contribution is 7.80. The van der Waals surface area contributed by atoms with E-state index in [2.05, 4.69) is 22.7 Å². The van der Waals surface area contributed by atoms with E-state index in [1.807, 2.05) is 6.92 Å². The van der Waals surface area contributed by atoms with Gasteiger partial charge in [-0.1, -0.05) is 6.92 Å². The van der Waals surface area contributed by atoms with Gasteiger partial charge in [0.25, 0.3) is 0 Å². The monoisotopic (exact) mass is 229 g/mol. The molecule has 2 atom stereocenters. The normalized spacial score (nSPS) is 32.9. The molecule has 0 aromatic rings. The molecule has 5 nitrogen and oxygen atoms in total. The molecule has 1 fully saturated rings. The fourth-order valence-corrected chi connectivity index (χ4v) is 1.92. The summed E-state index contributed by atoms with van der Waals surface area (Å²) in [6.45, 7) is 3.68. The molecule has 0 aromatic carbocycles. The average molecular weight is 229 g/mol. The van der Waals surface area contributed by atoms with Crippen LogP contribution in [0.3, 0.4) is 0 Å². The number of aliphatic carboxylic acids is 1. The molecule has 6 heteroatoms. The molecule has 15 heavy (non-hydrogen) atoms. The van der Waals surface area contributed by atoms with Crippen LogP contribution in [0.2, 0.25) is 0 Å². The number of hydrogen-bond donors (Lipinski definition) is 3. The van der Waals surface area contributed by atoms with Gasteiger partial charge in [-0.3, -0.25) is 10.2 Å². The molecule has 1 aliphatic carbocycles. The van der Waals surface area contributed by atoms with Gasteiger partial charge in [0.15, 0.2) is 5.11 Å². The van der Waals surface area contributed by atoms with Crippen molar-refractivity contribution in [1.82, 2.24) is 5.43 Å². The Morgan fingerprint density at radius 2 is 2.40 bits per heavy atom. The van der Waals surface area contributed by atoms with E-state index in [9.17, 15) is 4.79 Å². The van der Waals surface area contributed by atoms with Crippen LogP contribution in [0.1, 0.15) is 26.7 Å². The van der Waals surface area contributed by atoms with Gasteiger partial charge in [0, 0.05) is 12.1 Å². The molecule has 0 saturated heterocycles. The van der Waals surface area contributed by atoms with E-state index < -0.39 is 11.4 Å². The first-order valence-corrected chi connectivity index (χ1v) is 5.11. The second-order valence-electron chi connectivity index (χ2n) is 4.23. The van der Waals surface area contributed by atoms with Gasteiger partial charge in [-0.2, -0.15) is 5.10 Å². The highest BCUT2D eigenvalue weighted by Crippen LogP contribution is 2.39. The highest BCUT2D eigenvalue weighted by atomic mass is 32.1. The predicted octanol–water partition coefficient (Wildman–Crippen LogP) is 0.696. The Morgan fingerprint density at radius 1 is 1.80 bits per heavy atom. The SMILES string of the molecule is CC1CC(C)(C(=O)O)C/C1=N\NC(N)=S. The van der Waals surface area contributed by atoms with Gasteiger partial charge in [-0.05, 0) is 31.5 Å². The zero-order valence-corrected chi connectivity index (χ0v) is 9.60. The van der Waals surface area contributed by atoms with E-state index in [-0.39, 0.29) is 11.0 Å². The van der Waals surface area contributed by atoms with E-state index in [0.717, 1.165) is 5.71 Å². The lowest BCUT2D eigenvalue weighted by molar-refractivity contribution is -0.147. The second-order valence-corrected chi connectivity index (χ2v) is 4.67. The Hall–Kier alpha value is -1.17. The lowest BCUT2D eigenvalue weighted by Crippen LogP contribution is -2.27. The van der Waals surface area contributed by atoms with E-state index in [1.165, 1.54) is 0 Å². The molecule has 2 unspecified atom stereocenters. The molecule has 4 N–H and O–H groups in total. The van der Waals surface area contributed by atoms with Crippen molar-refractivity contribution < 1.29 is 9.90 Å². The second kappa shape index (κ2) is 4.14. The number of thiocarbonyl (C=S) groups is 1. The molecule has 0 spiro atoms. The minimum absolute atomic E-state index is 0.0960. The maximum atomic E-state index is 11.0. The Balaban J connectivity index is 2.76. The fraction of sp³-hybridized carbons (Fsp3) is 0.667. The maximum Gasteiger partial charge on any atom is 0.309 e. The van der Waals surface area contributed by atoms with Gasteiger partial charge in [-0.25, -0.2) is 0 Å². The zero-order valence-electron chi connectivity index (χ0n) is 8.78. The van der Waals surface area contributed by atoms with Crippen molar-refractivity contribution >= 4 is 29.0 Å². The summed E-state index contributed by atoms with van der Waals surface area (Å²) in [7, 11) is 0. The number of carboxylic acids is 1. The fourth-order valence-electron chi connectivity index (χ4n) is 1.88. The summed E-state index contributed by atoms with van der Waals surface area (Å²) in [5.41, 5.74) is 7.84. The summed E-state index contributed by atoms with van der Waals surface area (Å²) in [6, 6.07) is 0. The molecule has 0 radical (unpaired) electrons. The molecular weight excluding hydrogens is 214 g/mol. The smallest absolute Gasteiger partial charge is 0.309 e. The van der Waals surface area contributed by atoms with E-state index >= 15 is 0 Å². The van der Waals surface area contributed by atoms with Crippen LogP contribution in [-0.4, -0.2) is 21.9 Å². The number of nitrogens with two attached hydrogens (primary N) is 1. The standard InChI is InChI=1S/C9H15N3O2S/c1-5-3-9(2,7(13)14)4-6(5)11-12-8(10)15/h5H,3-4H2,1-2H3,(H,13,14)(H3,10,12,15)/b11-6+. The van der Waals surface area contributed by atoms with Crippen LogP contribution in [0, 0.1) is 11.3 Å². The van der Waals surface area contributed by atoms with Crippen LogP contribution in [0.4, 0.5) is 0 Å². The van der Waals surface area contributed by atoms with Gasteiger partial charge in [0.1, 0.15) is 0 Å². The molecule has 0 bridgehead atoms. The number of carboxylic acid groups (broad SMARTS) is 1. The zero-order chi connectivity index (χ0) is 11.6. The van der Waals surface area contributed by atoms with Crippen LogP contribution >= 0.6 is 12.2 Å². The van der Waals surface area contributed by atoms with Crippen LogP contribution in [-0.2, 0) is 4.79 Å². The van der Waals surface area contributed by atoms with Crippen molar-refractivity contribution in [3.63, 3.8) is 0 Å². The Morgan fingerprint density at radius 3 is 2.80 bits per heavy atom. The van der Waals surface area contributed by atoms with Crippen molar-refractivity contribution in [1.29, 1.82) is 0 Å².